The van der Waals surface area contributed by atoms with Gasteiger partial charge in [0.2, 0.25) is 0 Å². The van der Waals surface area contributed by atoms with E-state index < -0.39 is 10.5 Å². The van der Waals surface area contributed by atoms with Gasteiger partial charge in [-0.05, 0) is 18.2 Å². The molecule has 1 heterocycles. The molecule has 13 heavy (non-hydrogen) atoms. The molecule has 68 valence electrons. The summed E-state index contributed by atoms with van der Waals surface area (Å²) in [5, 5.41) is 0.0561. The Morgan fingerprint density at radius 3 is 2.92 bits per heavy atom. The molecule has 0 spiro atoms. The van der Waals surface area contributed by atoms with Gasteiger partial charge in [0.1, 0.15) is 0 Å². The van der Waals surface area contributed by atoms with Crippen LogP contribution in [0.3, 0.4) is 0 Å². The topological polar surface area (TPSA) is 46.3 Å². The molecule has 1 aliphatic heterocycles. The molecule has 3 nitrogen and oxygen atoms in total. The van der Waals surface area contributed by atoms with Crippen molar-refractivity contribution in [1.29, 1.82) is 0 Å². The van der Waals surface area contributed by atoms with Gasteiger partial charge in [-0.3, -0.25) is 4.79 Å². The van der Waals surface area contributed by atoms with Crippen molar-refractivity contribution >= 4 is 33.0 Å². The molecule has 2 rings (SSSR count). The summed E-state index contributed by atoms with van der Waals surface area (Å²) in [5.74, 6) is 3.83. The number of nitrogens with zero attached hydrogens (tertiary/aromatic N) is 1. The van der Waals surface area contributed by atoms with E-state index in [9.17, 15) is 4.79 Å². The van der Waals surface area contributed by atoms with Crippen LogP contribution in [0.15, 0.2) is 23.1 Å². The molecule has 2 N–H and O–H groups in total. The summed E-state index contributed by atoms with van der Waals surface area (Å²) in [7, 11) is 1.18. The number of amides is 1. The monoisotopic (exact) mass is 194 g/mol. The van der Waals surface area contributed by atoms with E-state index in [0.717, 1.165) is 10.6 Å². The first-order valence-corrected chi connectivity index (χ1v) is 5.22. The average molecular weight is 194 g/mol. The molecule has 1 aromatic rings. The van der Waals surface area contributed by atoms with Gasteiger partial charge in [0, 0.05) is 17.6 Å². The second kappa shape index (κ2) is 2.60. The number of anilines is 2. The van der Waals surface area contributed by atoms with E-state index in [1.54, 1.807) is 18.0 Å². The van der Waals surface area contributed by atoms with E-state index in [1.807, 2.05) is 12.1 Å². The fourth-order valence-corrected chi connectivity index (χ4v) is 2.72. The van der Waals surface area contributed by atoms with E-state index >= 15 is 0 Å². The van der Waals surface area contributed by atoms with Crippen LogP contribution < -0.4 is 10.6 Å². The van der Waals surface area contributed by atoms with Crippen LogP contribution in [0.1, 0.15) is 0 Å². The standard InChI is InChI=1S/C9H10N2OS/c1-11-7-4-3-6(10)5-8(7)13(2)9(11)12/h3-5H,2,10H2,1H3. The summed E-state index contributed by atoms with van der Waals surface area (Å²) in [6, 6.07) is 5.48. The Kier molecular flexibility index (Phi) is 1.66. The Bertz CT molecular complexity index is 414. The van der Waals surface area contributed by atoms with Crippen LogP contribution in [0.4, 0.5) is 16.2 Å². The fraction of sp³-hybridized carbons (Fsp3) is 0.111. The molecule has 1 aromatic carbocycles. The number of fused-ring (bicyclic) bond motifs is 1. The molecule has 0 aromatic heterocycles. The molecule has 0 saturated carbocycles. The van der Waals surface area contributed by atoms with Gasteiger partial charge in [-0.15, -0.1) is 0 Å². The Morgan fingerprint density at radius 1 is 1.54 bits per heavy atom. The van der Waals surface area contributed by atoms with Crippen molar-refractivity contribution in [1.82, 2.24) is 0 Å². The number of hydrogen-bond acceptors (Lipinski definition) is 2. The second-order valence-corrected chi connectivity index (χ2v) is 4.51. The largest absolute Gasteiger partial charge is 0.399 e. The number of rotatable bonds is 0. The molecular weight excluding hydrogens is 184 g/mol. The summed E-state index contributed by atoms with van der Waals surface area (Å²) in [4.78, 5) is 14.1. The smallest absolute Gasteiger partial charge is 0.284 e. The SMILES string of the molecule is C=S1C(=O)N(C)c2ccc(N)cc21. The highest BCUT2D eigenvalue weighted by atomic mass is 32.2. The van der Waals surface area contributed by atoms with Crippen molar-refractivity contribution in [3.63, 3.8) is 0 Å². The Morgan fingerprint density at radius 2 is 2.23 bits per heavy atom. The molecule has 1 aliphatic rings. The third-order valence-corrected chi connectivity index (χ3v) is 3.65. The van der Waals surface area contributed by atoms with Crippen molar-refractivity contribution in [2.45, 2.75) is 4.90 Å². The van der Waals surface area contributed by atoms with Gasteiger partial charge in [0.25, 0.3) is 5.24 Å². The summed E-state index contributed by atoms with van der Waals surface area (Å²) in [5.41, 5.74) is 7.24. The van der Waals surface area contributed by atoms with Gasteiger partial charge in [-0.2, -0.15) is 0 Å². The summed E-state index contributed by atoms with van der Waals surface area (Å²) < 4.78 is 0. The molecule has 0 bridgehead atoms. The van der Waals surface area contributed by atoms with Crippen LogP contribution in [0, 0.1) is 0 Å². The number of carbonyl (C=O) groups is 1. The zero-order chi connectivity index (χ0) is 9.59. The van der Waals surface area contributed by atoms with E-state index in [4.69, 9.17) is 5.73 Å². The third kappa shape index (κ3) is 1.06. The summed E-state index contributed by atoms with van der Waals surface area (Å²) in [6.07, 6.45) is 0. The van der Waals surface area contributed by atoms with Crippen molar-refractivity contribution < 1.29 is 4.79 Å². The number of carbonyl (C=O) groups excluding carboxylic acids is 1. The molecule has 0 aliphatic carbocycles. The molecule has 4 heteroatoms. The van der Waals surface area contributed by atoms with Crippen LogP contribution >= 0.6 is 10.5 Å². The molecule has 1 unspecified atom stereocenters. The van der Waals surface area contributed by atoms with Crippen LogP contribution in [0.5, 0.6) is 0 Å². The Balaban J connectivity index is 2.67. The number of hydrogen-bond donors (Lipinski definition) is 1. The number of nitrogens with two attached hydrogens (primary N) is 1. The van der Waals surface area contributed by atoms with Crippen molar-refractivity contribution in [2.75, 3.05) is 17.7 Å². The highest BCUT2D eigenvalue weighted by Gasteiger charge is 2.26. The quantitative estimate of drug-likeness (QED) is 0.506. The van der Waals surface area contributed by atoms with Gasteiger partial charge in [0.15, 0.2) is 0 Å². The van der Waals surface area contributed by atoms with Crippen LogP contribution in [-0.4, -0.2) is 18.2 Å². The molecule has 1 atom stereocenters. The number of benzene rings is 1. The van der Waals surface area contributed by atoms with Crippen molar-refractivity contribution in [3.8, 4) is 0 Å². The fourth-order valence-electron chi connectivity index (χ4n) is 1.36. The van der Waals surface area contributed by atoms with Gasteiger partial charge in [-0.1, -0.05) is 16.4 Å². The first kappa shape index (κ1) is 8.31. The zero-order valence-corrected chi connectivity index (χ0v) is 8.10. The minimum absolute atomic E-state index is 0.0561. The molecule has 0 radical (unpaired) electrons. The molecule has 1 amide bonds. The predicted molar refractivity (Wildman–Crippen MR) is 57.6 cm³/mol. The molecule has 0 fully saturated rings. The third-order valence-electron chi connectivity index (χ3n) is 2.10. The first-order chi connectivity index (χ1) is 6.11. The minimum atomic E-state index is -0.576. The number of nitrogen functional groups attached to an aromatic ring is 1. The predicted octanol–water partition coefficient (Wildman–Crippen LogP) is 1.90. The van der Waals surface area contributed by atoms with E-state index in [2.05, 4.69) is 5.87 Å². The maximum Gasteiger partial charge on any atom is 0.284 e. The maximum atomic E-state index is 11.5. The zero-order valence-electron chi connectivity index (χ0n) is 7.28. The summed E-state index contributed by atoms with van der Waals surface area (Å²) >= 11 is 0. The lowest BCUT2D eigenvalue weighted by atomic mass is 10.3. The molecular formula is C9H10N2OS. The minimum Gasteiger partial charge on any atom is -0.399 e. The highest BCUT2D eigenvalue weighted by Crippen LogP contribution is 2.43. The Hall–Kier alpha value is -1.29. The Labute approximate surface area is 79.1 Å². The molecule has 0 saturated heterocycles. The van der Waals surface area contributed by atoms with Gasteiger partial charge < -0.3 is 10.6 Å². The lowest BCUT2D eigenvalue weighted by molar-refractivity contribution is 0.266. The maximum absolute atomic E-state index is 11.5. The van der Waals surface area contributed by atoms with Crippen LogP contribution in [-0.2, 0) is 0 Å². The second-order valence-electron chi connectivity index (χ2n) is 2.94. The van der Waals surface area contributed by atoms with E-state index in [-0.39, 0.29) is 5.24 Å². The van der Waals surface area contributed by atoms with Crippen LogP contribution in [0.2, 0.25) is 0 Å². The van der Waals surface area contributed by atoms with E-state index in [1.165, 1.54) is 0 Å². The highest BCUT2D eigenvalue weighted by molar-refractivity contribution is 8.27. The van der Waals surface area contributed by atoms with Crippen LogP contribution in [0.25, 0.3) is 0 Å². The van der Waals surface area contributed by atoms with Gasteiger partial charge in [-0.25, -0.2) is 0 Å². The van der Waals surface area contributed by atoms with Gasteiger partial charge in [0.05, 0.1) is 5.69 Å². The normalized spacial score (nSPS) is 20.5. The summed E-state index contributed by atoms with van der Waals surface area (Å²) in [6.45, 7) is 0. The van der Waals surface area contributed by atoms with Gasteiger partial charge >= 0.3 is 0 Å². The first-order valence-electron chi connectivity index (χ1n) is 3.82. The van der Waals surface area contributed by atoms with Crippen molar-refractivity contribution in [3.05, 3.63) is 18.2 Å². The lowest BCUT2D eigenvalue weighted by Crippen LogP contribution is -2.16. The van der Waals surface area contributed by atoms with E-state index in [0.29, 0.717) is 5.69 Å². The average Bonchev–Trinajstić information content (AvgIpc) is 2.32. The lowest BCUT2D eigenvalue weighted by Gasteiger charge is -2.07. The van der Waals surface area contributed by atoms with Crippen molar-refractivity contribution in [2.24, 2.45) is 0 Å².